The van der Waals surface area contributed by atoms with E-state index in [1.165, 1.54) is 18.2 Å². The van der Waals surface area contributed by atoms with E-state index in [2.05, 4.69) is 0 Å². The molecule has 0 aliphatic rings. The molecule has 28 heavy (non-hydrogen) atoms. The van der Waals surface area contributed by atoms with Crippen molar-refractivity contribution < 1.29 is 23.5 Å². The number of benzene rings is 3. The second-order valence-electron chi connectivity index (χ2n) is 6.13. The Labute approximate surface area is 164 Å². The fourth-order valence-corrected chi connectivity index (χ4v) is 3.95. The summed E-state index contributed by atoms with van der Waals surface area (Å²) >= 11 is -2.40. The maximum Gasteiger partial charge on any atom is 0.274 e. The second-order valence-corrected chi connectivity index (χ2v) is 7.15. The van der Waals surface area contributed by atoms with Crippen LogP contribution in [-0.4, -0.2) is 32.0 Å². The van der Waals surface area contributed by atoms with Crippen LogP contribution in [0.5, 0.6) is 5.75 Å². The Bertz CT molecular complexity index is 1020. The number of ether oxygens (including phenoxy) is 1. The molecular formula is C20H19NO6S. The van der Waals surface area contributed by atoms with Crippen molar-refractivity contribution in [3.8, 4) is 5.75 Å². The first-order valence-corrected chi connectivity index (χ1v) is 9.79. The van der Waals surface area contributed by atoms with Gasteiger partial charge in [-0.05, 0) is 28.5 Å². The number of hydrogen-bond acceptors (Lipinski definition) is 5. The van der Waals surface area contributed by atoms with Gasteiger partial charge in [0.25, 0.3) is 5.69 Å². The minimum Gasteiger partial charge on any atom is -0.493 e. The lowest BCUT2D eigenvalue weighted by atomic mass is 9.97. The van der Waals surface area contributed by atoms with Crippen molar-refractivity contribution >= 4 is 27.5 Å². The zero-order valence-electron chi connectivity index (χ0n) is 14.9. The summed E-state index contributed by atoms with van der Waals surface area (Å²) in [4.78, 5) is 11.0. The lowest BCUT2D eigenvalue weighted by Crippen LogP contribution is -2.11. The van der Waals surface area contributed by atoms with Crippen LogP contribution in [0.1, 0.15) is 22.8 Å². The maximum absolute atomic E-state index is 12.3. The van der Waals surface area contributed by atoms with Crippen molar-refractivity contribution in [2.45, 2.75) is 11.7 Å². The largest absolute Gasteiger partial charge is 0.493 e. The third-order valence-electron chi connectivity index (χ3n) is 4.36. The number of nitro groups is 1. The van der Waals surface area contributed by atoms with E-state index in [1.54, 1.807) is 12.1 Å². The van der Waals surface area contributed by atoms with Gasteiger partial charge in [-0.2, -0.15) is 0 Å². The summed E-state index contributed by atoms with van der Waals surface area (Å²) in [6, 6.07) is 16.8. The summed E-state index contributed by atoms with van der Waals surface area (Å²) in [7, 11) is 0. The van der Waals surface area contributed by atoms with Gasteiger partial charge in [-0.15, -0.1) is 0 Å². The molecule has 2 unspecified atom stereocenters. The third-order valence-corrected chi connectivity index (χ3v) is 5.27. The van der Waals surface area contributed by atoms with Gasteiger partial charge in [-0.25, -0.2) is 4.21 Å². The number of nitrogens with zero attached hydrogens (tertiary/aromatic N) is 1. The van der Waals surface area contributed by atoms with Crippen molar-refractivity contribution in [1.29, 1.82) is 0 Å². The van der Waals surface area contributed by atoms with Gasteiger partial charge in [0, 0.05) is 19.1 Å². The van der Waals surface area contributed by atoms with Gasteiger partial charge in [0.1, 0.15) is 11.0 Å². The van der Waals surface area contributed by atoms with Crippen molar-refractivity contribution in [1.82, 2.24) is 0 Å². The van der Waals surface area contributed by atoms with Crippen LogP contribution in [0.2, 0.25) is 0 Å². The minimum atomic E-state index is -2.40. The molecule has 3 aromatic rings. The van der Waals surface area contributed by atoms with E-state index < -0.39 is 21.3 Å². The summed E-state index contributed by atoms with van der Waals surface area (Å²) in [6.07, 6.45) is 0.408. The molecule has 0 aliphatic carbocycles. The minimum absolute atomic E-state index is 0.0425. The summed E-state index contributed by atoms with van der Waals surface area (Å²) in [6.45, 7) is 0.189. The first-order valence-electron chi connectivity index (χ1n) is 8.62. The highest BCUT2D eigenvalue weighted by Gasteiger charge is 2.30. The molecule has 0 amide bonds. The average Bonchev–Trinajstić information content (AvgIpc) is 2.68. The summed E-state index contributed by atoms with van der Waals surface area (Å²) in [5.74, 6) is 0.338. The van der Waals surface area contributed by atoms with Gasteiger partial charge in [0.2, 0.25) is 0 Å². The van der Waals surface area contributed by atoms with Gasteiger partial charge in [-0.3, -0.25) is 10.1 Å². The molecule has 146 valence electrons. The van der Waals surface area contributed by atoms with E-state index in [4.69, 9.17) is 9.84 Å². The monoisotopic (exact) mass is 401 g/mol. The van der Waals surface area contributed by atoms with Crippen molar-refractivity contribution in [3.05, 3.63) is 81.9 Å². The maximum atomic E-state index is 12.3. The molecule has 0 radical (unpaired) electrons. The fraction of sp³-hybridized carbons (Fsp3) is 0.200. The number of aliphatic hydroxyl groups excluding tert-OH is 1. The van der Waals surface area contributed by atoms with E-state index >= 15 is 0 Å². The number of rotatable bonds is 8. The molecule has 3 aromatic carbocycles. The summed E-state index contributed by atoms with van der Waals surface area (Å²) in [5.41, 5.74) is 0.369. The molecule has 0 saturated heterocycles. The van der Waals surface area contributed by atoms with Gasteiger partial charge < -0.3 is 14.4 Å². The number of fused-ring (bicyclic) bond motifs is 1. The molecule has 7 nitrogen and oxygen atoms in total. The topological polar surface area (TPSA) is 110 Å². The van der Waals surface area contributed by atoms with Crippen molar-refractivity contribution in [2.24, 2.45) is 0 Å². The Hall–Kier alpha value is -2.81. The van der Waals surface area contributed by atoms with E-state index in [1.807, 2.05) is 30.3 Å². The highest BCUT2D eigenvalue weighted by Crippen LogP contribution is 2.39. The highest BCUT2D eigenvalue weighted by atomic mass is 32.2. The Balaban J connectivity index is 2.16. The number of aliphatic hydroxyl groups is 1. The predicted molar refractivity (Wildman–Crippen MR) is 107 cm³/mol. The molecular weight excluding hydrogens is 382 g/mol. The first kappa shape index (κ1) is 19.9. The van der Waals surface area contributed by atoms with Crippen LogP contribution in [-0.2, 0) is 11.1 Å². The molecule has 0 saturated carbocycles. The Kier molecular flexibility index (Phi) is 6.35. The average molecular weight is 401 g/mol. The van der Waals surface area contributed by atoms with Crippen molar-refractivity contribution in [3.63, 3.8) is 0 Å². The molecule has 0 bridgehead atoms. The van der Waals surface area contributed by atoms with Gasteiger partial charge >= 0.3 is 0 Å². The second kappa shape index (κ2) is 8.92. The van der Waals surface area contributed by atoms with Crippen LogP contribution in [0.3, 0.4) is 0 Å². The van der Waals surface area contributed by atoms with E-state index in [0.717, 1.165) is 10.8 Å². The van der Waals surface area contributed by atoms with Gasteiger partial charge in [0.15, 0.2) is 11.1 Å². The van der Waals surface area contributed by atoms with Crippen LogP contribution < -0.4 is 4.74 Å². The number of hydrogen-bond donors (Lipinski definition) is 2. The molecule has 2 atom stereocenters. The summed E-state index contributed by atoms with van der Waals surface area (Å²) < 4.78 is 27.9. The molecule has 0 aromatic heterocycles. The van der Waals surface area contributed by atoms with Crippen LogP contribution in [0.15, 0.2) is 60.7 Å². The van der Waals surface area contributed by atoms with Gasteiger partial charge in [0.05, 0.1) is 17.1 Å². The fourth-order valence-electron chi connectivity index (χ4n) is 3.12. The van der Waals surface area contributed by atoms with Crippen molar-refractivity contribution in [2.75, 3.05) is 13.2 Å². The highest BCUT2D eigenvalue weighted by molar-refractivity contribution is 7.79. The molecule has 0 spiro atoms. The van der Waals surface area contributed by atoms with E-state index in [9.17, 15) is 18.9 Å². The van der Waals surface area contributed by atoms with Gasteiger partial charge in [-0.1, -0.05) is 42.5 Å². The van der Waals surface area contributed by atoms with Crippen LogP contribution in [0, 0.1) is 10.1 Å². The Morgan fingerprint density at radius 2 is 1.82 bits per heavy atom. The number of nitro benzene ring substituents is 1. The Morgan fingerprint density at radius 3 is 2.54 bits per heavy atom. The lowest BCUT2D eigenvalue weighted by Gasteiger charge is -2.17. The predicted octanol–water partition coefficient (Wildman–Crippen LogP) is 3.82. The zero-order valence-corrected chi connectivity index (χ0v) is 15.7. The van der Waals surface area contributed by atoms with Crippen LogP contribution >= 0.6 is 0 Å². The molecule has 0 fully saturated rings. The standard InChI is InChI=1S/C20H19NO6S/c22-11-4-12-27-15-9-10-19(21(23)24)18(13-15)20(28(25)26)17-8-3-6-14-5-1-2-7-16(14)17/h1-3,5-10,13,20,22H,4,11-12H2,(H,25,26). The first-order chi connectivity index (χ1) is 13.5. The SMILES string of the molecule is O=[N+]([O-])c1ccc(OCCCO)cc1C(c1cccc2ccccc12)S(=O)O. The molecule has 0 heterocycles. The quantitative estimate of drug-likeness (QED) is 0.257. The van der Waals surface area contributed by atoms with E-state index in [-0.39, 0.29) is 24.5 Å². The molecule has 8 heteroatoms. The smallest absolute Gasteiger partial charge is 0.274 e. The normalized spacial score (nSPS) is 13.2. The van der Waals surface area contributed by atoms with Crippen LogP contribution in [0.25, 0.3) is 10.8 Å². The molecule has 3 rings (SSSR count). The summed E-state index contributed by atoms with van der Waals surface area (Å²) in [5, 5.41) is 20.9. The molecule has 2 N–H and O–H groups in total. The third kappa shape index (κ3) is 4.19. The van der Waals surface area contributed by atoms with Crippen LogP contribution in [0.4, 0.5) is 5.69 Å². The zero-order chi connectivity index (χ0) is 20.1. The molecule has 0 aliphatic heterocycles. The van der Waals surface area contributed by atoms with E-state index in [0.29, 0.717) is 17.7 Å². The Morgan fingerprint density at radius 1 is 1.07 bits per heavy atom. The lowest BCUT2D eigenvalue weighted by molar-refractivity contribution is -0.385.